The molecule has 0 radical (unpaired) electrons. The minimum absolute atomic E-state index is 0.421. The number of halogens is 2. The van der Waals surface area contributed by atoms with E-state index in [4.69, 9.17) is 27.9 Å². The monoisotopic (exact) mass is 273 g/mol. The van der Waals surface area contributed by atoms with Gasteiger partial charge in [0, 0.05) is 23.2 Å². The maximum absolute atomic E-state index is 6.21. The van der Waals surface area contributed by atoms with Crippen LogP contribution in [0.15, 0.2) is 12.1 Å². The van der Waals surface area contributed by atoms with Gasteiger partial charge in [0.25, 0.3) is 0 Å². The Kier molecular flexibility index (Phi) is 4.18. The van der Waals surface area contributed by atoms with E-state index in [1.165, 1.54) is 12.8 Å². The Morgan fingerprint density at radius 1 is 1.35 bits per heavy atom. The first-order valence-corrected chi connectivity index (χ1v) is 6.63. The van der Waals surface area contributed by atoms with Crippen LogP contribution in [0.2, 0.25) is 10.0 Å². The van der Waals surface area contributed by atoms with E-state index in [1.807, 2.05) is 6.07 Å². The molecule has 94 valence electrons. The van der Waals surface area contributed by atoms with Gasteiger partial charge >= 0.3 is 0 Å². The van der Waals surface area contributed by atoms with Crippen molar-refractivity contribution < 1.29 is 4.74 Å². The normalized spacial score (nSPS) is 16.9. The van der Waals surface area contributed by atoms with Crippen molar-refractivity contribution in [2.75, 3.05) is 7.11 Å². The molecule has 17 heavy (non-hydrogen) atoms. The Labute approximate surface area is 112 Å². The van der Waals surface area contributed by atoms with E-state index in [-0.39, 0.29) is 0 Å². The van der Waals surface area contributed by atoms with E-state index in [0.717, 1.165) is 17.0 Å². The Balaban J connectivity index is 2.06. The van der Waals surface area contributed by atoms with E-state index < -0.39 is 0 Å². The quantitative estimate of drug-likeness (QED) is 0.884. The van der Waals surface area contributed by atoms with Crippen molar-refractivity contribution in [2.45, 2.75) is 38.3 Å². The molecule has 0 aromatic heterocycles. The van der Waals surface area contributed by atoms with Crippen LogP contribution in [0.3, 0.4) is 0 Å². The summed E-state index contributed by atoms with van der Waals surface area (Å²) in [5.74, 6) is 0.628. The average Bonchev–Trinajstić information content (AvgIpc) is 3.06. The summed E-state index contributed by atoms with van der Waals surface area (Å²) in [6.07, 6.45) is 3.47. The van der Waals surface area contributed by atoms with Gasteiger partial charge in [-0.1, -0.05) is 23.2 Å². The molecule has 2 rings (SSSR count). The van der Waals surface area contributed by atoms with Gasteiger partial charge in [-0.3, -0.25) is 0 Å². The third-order valence-electron chi connectivity index (χ3n) is 2.94. The van der Waals surface area contributed by atoms with Gasteiger partial charge in [-0.2, -0.15) is 0 Å². The molecule has 2 nitrogen and oxygen atoms in total. The van der Waals surface area contributed by atoms with E-state index >= 15 is 0 Å². The fraction of sp³-hybridized carbons (Fsp3) is 0.538. The zero-order valence-electron chi connectivity index (χ0n) is 10.1. The Bertz CT molecular complexity index is 405. The Morgan fingerprint density at radius 3 is 2.65 bits per heavy atom. The minimum Gasteiger partial charge on any atom is -0.495 e. The average molecular weight is 274 g/mol. The molecule has 1 N–H and O–H groups in total. The highest BCUT2D eigenvalue weighted by molar-refractivity contribution is 6.34. The number of rotatable bonds is 5. The van der Waals surface area contributed by atoms with Crippen molar-refractivity contribution in [1.82, 2.24) is 5.32 Å². The third-order valence-corrected chi connectivity index (χ3v) is 3.59. The molecular weight excluding hydrogens is 257 g/mol. The standard InChI is InChI=1S/C13H17Cl2NO/c1-8(16-10-3-4-10)5-9-6-12(15)13(17-2)7-11(9)14/h6-8,10,16H,3-5H2,1-2H3. The number of hydrogen-bond donors (Lipinski definition) is 1. The number of methoxy groups -OCH3 is 1. The third kappa shape index (κ3) is 3.51. The summed E-state index contributed by atoms with van der Waals surface area (Å²) >= 11 is 12.3. The first-order chi connectivity index (χ1) is 8.10. The second-order valence-corrected chi connectivity index (χ2v) is 5.44. The molecule has 4 heteroatoms. The van der Waals surface area contributed by atoms with Crippen LogP contribution >= 0.6 is 23.2 Å². The van der Waals surface area contributed by atoms with Gasteiger partial charge in [-0.05, 0) is 37.8 Å². The van der Waals surface area contributed by atoms with Crippen LogP contribution in [0.5, 0.6) is 5.75 Å². The number of benzene rings is 1. The first-order valence-electron chi connectivity index (χ1n) is 5.88. The summed E-state index contributed by atoms with van der Waals surface area (Å²) in [5, 5.41) is 4.88. The predicted molar refractivity (Wildman–Crippen MR) is 72.3 cm³/mol. The zero-order chi connectivity index (χ0) is 12.4. The number of nitrogens with one attached hydrogen (secondary N) is 1. The largest absolute Gasteiger partial charge is 0.495 e. The highest BCUT2D eigenvalue weighted by Gasteiger charge is 2.23. The van der Waals surface area contributed by atoms with E-state index in [2.05, 4.69) is 12.2 Å². The maximum Gasteiger partial charge on any atom is 0.138 e. The van der Waals surface area contributed by atoms with Crippen LogP contribution in [0, 0.1) is 0 Å². The molecule has 1 fully saturated rings. The van der Waals surface area contributed by atoms with Crippen LogP contribution in [0.25, 0.3) is 0 Å². The SMILES string of the molecule is COc1cc(Cl)c(CC(C)NC2CC2)cc1Cl. The van der Waals surface area contributed by atoms with Gasteiger partial charge in [0.15, 0.2) is 0 Å². The lowest BCUT2D eigenvalue weighted by molar-refractivity contribution is 0.415. The predicted octanol–water partition coefficient (Wildman–Crippen LogP) is 3.69. The summed E-state index contributed by atoms with van der Waals surface area (Å²) in [6.45, 7) is 2.17. The van der Waals surface area contributed by atoms with Crippen LogP contribution in [0.1, 0.15) is 25.3 Å². The fourth-order valence-electron chi connectivity index (χ4n) is 1.92. The van der Waals surface area contributed by atoms with Gasteiger partial charge in [-0.15, -0.1) is 0 Å². The van der Waals surface area contributed by atoms with Crippen molar-refractivity contribution in [2.24, 2.45) is 0 Å². The molecule has 0 bridgehead atoms. The molecule has 1 aromatic carbocycles. The lowest BCUT2D eigenvalue weighted by Crippen LogP contribution is -2.29. The van der Waals surface area contributed by atoms with E-state index in [9.17, 15) is 0 Å². The summed E-state index contributed by atoms with van der Waals surface area (Å²) in [5.41, 5.74) is 1.07. The maximum atomic E-state index is 6.21. The van der Waals surface area contributed by atoms with Gasteiger partial charge < -0.3 is 10.1 Å². The molecule has 1 saturated carbocycles. The van der Waals surface area contributed by atoms with Gasteiger partial charge in [0.2, 0.25) is 0 Å². The van der Waals surface area contributed by atoms with E-state index in [1.54, 1.807) is 13.2 Å². The highest BCUT2D eigenvalue weighted by Crippen LogP contribution is 2.31. The molecule has 0 heterocycles. The summed E-state index contributed by atoms with van der Waals surface area (Å²) in [4.78, 5) is 0. The second-order valence-electron chi connectivity index (χ2n) is 4.62. The molecule has 0 aliphatic heterocycles. The van der Waals surface area contributed by atoms with Gasteiger partial charge in [0.1, 0.15) is 5.75 Å². The molecule has 0 amide bonds. The minimum atomic E-state index is 0.421. The second kappa shape index (κ2) is 5.47. The number of ether oxygens (including phenoxy) is 1. The summed E-state index contributed by atoms with van der Waals surface area (Å²) in [6, 6.07) is 4.80. The first kappa shape index (κ1) is 13.0. The van der Waals surface area contributed by atoms with E-state index in [0.29, 0.717) is 22.9 Å². The zero-order valence-corrected chi connectivity index (χ0v) is 11.6. The van der Waals surface area contributed by atoms with Crippen molar-refractivity contribution in [1.29, 1.82) is 0 Å². The molecular formula is C13H17Cl2NO. The number of hydrogen-bond acceptors (Lipinski definition) is 2. The molecule has 1 aromatic rings. The topological polar surface area (TPSA) is 21.3 Å². The van der Waals surface area contributed by atoms with Crippen LogP contribution in [-0.4, -0.2) is 19.2 Å². The van der Waals surface area contributed by atoms with Crippen molar-refractivity contribution in [3.05, 3.63) is 27.7 Å². The van der Waals surface area contributed by atoms with Crippen molar-refractivity contribution in [3.8, 4) is 5.75 Å². The Hall–Kier alpha value is -0.440. The summed E-state index contributed by atoms with van der Waals surface area (Å²) < 4.78 is 5.13. The van der Waals surface area contributed by atoms with Gasteiger partial charge in [0.05, 0.1) is 12.1 Å². The fourth-order valence-corrected chi connectivity index (χ4v) is 2.42. The van der Waals surface area contributed by atoms with Gasteiger partial charge in [-0.25, -0.2) is 0 Å². The Morgan fingerprint density at radius 2 is 2.06 bits per heavy atom. The lowest BCUT2D eigenvalue weighted by atomic mass is 10.1. The molecule has 1 aliphatic carbocycles. The highest BCUT2D eigenvalue weighted by atomic mass is 35.5. The lowest BCUT2D eigenvalue weighted by Gasteiger charge is -2.15. The van der Waals surface area contributed by atoms with Crippen LogP contribution in [-0.2, 0) is 6.42 Å². The van der Waals surface area contributed by atoms with Crippen LogP contribution in [0.4, 0.5) is 0 Å². The molecule has 1 atom stereocenters. The van der Waals surface area contributed by atoms with Crippen LogP contribution < -0.4 is 10.1 Å². The summed E-state index contributed by atoms with van der Waals surface area (Å²) in [7, 11) is 1.59. The molecule has 0 saturated heterocycles. The van der Waals surface area contributed by atoms with Crippen molar-refractivity contribution in [3.63, 3.8) is 0 Å². The molecule has 1 unspecified atom stereocenters. The smallest absolute Gasteiger partial charge is 0.138 e. The molecule has 1 aliphatic rings. The van der Waals surface area contributed by atoms with Crippen molar-refractivity contribution >= 4 is 23.2 Å². The molecule has 0 spiro atoms.